The van der Waals surface area contributed by atoms with Crippen molar-refractivity contribution in [2.45, 2.75) is 13.5 Å². The summed E-state index contributed by atoms with van der Waals surface area (Å²) in [4.78, 5) is 37.6. The maximum absolute atomic E-state index is 12.8. The number of rotatable bonds is 6. The lowest BCUT2D eigenvalue weighted by Crippen LogP contribution is -2.30. The molecule has 2 aromatic rings. The fourth-order valence-corrected chi connectivity index (χ4v) is 4.99. The van der Waals surface area contributed by atoms with Gasteiger partial charge in [0.05, 0.1) is 20.8 Å². The number of hydrogen-bond acceptors (Lipinski definition) is 5. The quantitative estimate of drug-likeness (QED) is 0.227. The number of esters is 1. The molecule has 7 nitrogen and oxygen atoms in total. The summed E-state index contributed by atoms with van der Waals surface area (Å²) in [6, 6.07) is 10.9. The van der Waals surface area contributed by atoms with E-state index in [0.29, 0.717) is 5.75 Å². The van der Waals surface area contributed by atoms with Crippen molar-refractivity contribution in [1.29, 1.82) is 0 Å². The Morgan fingerprint density at radius 1 is 1.17 bits per heavy atom. The van der Waals surface area contributed by atoms with Gasteiger partial charge < -0.3 is 14.8 Å². The van der Waals surface area contributed by atoms with Crippen LogP contribution in [0.15, 0.2) is 42.1 Å². The van der Waals surface area contributed by atoms with Gasteiger partial charge in [-0.2, -0.15) is 0 Å². The smallest absolute Gasteiger partial charge is 0.343 e. The van der Waals surface area contributed by atoms with Crippen LogP contribution in [-0.4, -0.2) is 36.5 Å². The number of aryl methyl sites for hydroxylation is 1. The molecule has 0 aromatic heterocycles. The lowest BCUT2D eigenvalue weighted by Gasteiger charge is -2.12. The van der Waals surface area contributed by atoms with E-state index in [-0.39, 0.29) is 24.8 Å². The Hall–Kier alpha value is -2.15. The molecule has 0 atom stereocenters. The van der Waals surface area contributed by atoms with E-state index < -0.39 is 12.0 Å². The van der Waals surface area contributed by atoms with E-state index in [0.717, 1.165) is 23.8 Å². The van der Waals surface area contributed by atoms with Gasteiger partial charge in [0.15, 0.2) is 6.61 Å². The average Bonchev–Trinajstić information content (AvgIpc) is 2.94. The minimum Gasteiger partial charge on any atom is -0.480 e. The predicted molar refractivity (Wildman–Crippen MR) is 128 cm³/mol. The average molecular weight is 632 g/mol. The number of nitrogens with one attached hydrogen (secondary N) is 1. The number of hydrogen-bond donors (Lipinski definition) is 1. The van der Waals surface area contributed by atoms with Crippen molar-refractivity contribution in [1.82, 2.24) is 10.2 Å². The molecule has 1 heterocycles. The van der Waals surface area contributed by atoms with Gasteiger partial charge in [0.1, 0.15) is 11.4 Å². The third-order valence-electron chi connectivity index (χ3n) is 4.28. The molecule has 1 saturated heterocycles. The van der Waals surface area contributed by atoms with Gasteiger partial charge in [-0.3, -0.25) is 9.69 Å². The first-order chi connectivity index (χ1) is 14.3. The molecule has 3 amide bonds. The van der Waals surface area contributed by atoms with Crippen LogP contribution in [0.25, 0.3) is 6.08 Å². The zero-order valence-corrected chi connectivity index (χ0v) is 20.5. The van der Waals surface area contributed by atoms with Crippen LogP contribution < -0.4 is 10.1 Å². The molecule has 2 aromatic carbocycles. The third kappa shape index (κ3) is 5.31. The number of urea groups is 1. The number of benzene rings is 2. The largest absolute Gasteiger partial charge is 0.480 e. The van der Waals surface area contributed by atoms with E-state index in [4.69, 9.17) is 4.74 Å². The molecule has 0 bridgehead atoms. The maximum Gasteiger partial charge on any atom is 0.343 e. The lowest BCUT2D eigenvalue weighted by molar-refractivity contribution is -0.143. The molecule has 9 heteroatoms. The number of amides is 3. The lowest BCUT2D eigenvalue weighted by atomic mass is 10.1. The van der Waals surface area contributed by atoms with Crippen molar-refractivity contribution >= 4 is 69.2 Å². The van der Waals surface area contributed by atoms with Crippen molar-refractivity contribution < 1.29 is 23.9 Å². The first-order valence-electron chi connectivity index (χ1n) is 8.87. The van der Waals surface area contributed by atoms with Gasteiger partial charge in [-0.15, -0.1) is 0 Å². The summed E-state index contributed by atoms with van der Waals surface area (Å²) in [6.07, 6.45) is 1.63. The number of carbonyl (C=O) groups excluding carboxylic acids is 3. The number of halogens is 2. The van der Waals surface area contributed by atoms with Gasteiger partial charge in [-0.25, -0.2) is 9.59 Å². The van der Waals surface area contributed by atoms with Gasteiger partial charge in [-0.05, 0) is 81.4 Å². The summed E-state index contributed by atoms with van der Waals surface area (Å²) in [5, 5.41) is 2.64. The van der Waals surface area contributed by atoms with Gasteiger partial charge in [0, 0.05) is 0 Å². The summed E-state index contributed by atoms with van der Waals surface area (Å²) in [5.41, 5.74) is 2.89. The van der Waals surface area contributed by atoms with Crippen LogP contribution in [0.5, 0.6) is 5.75 Å². The Bertz CT molecular complexity index is 1030. The Morgan fingerprint density at radius 2 is 1.87 bits per heavy atom. The number of methoxy groups -OCH3 is 1. The first-order valence-corrected chi connectivity index (χ1v) is 11.0. The van der Waals surface area contributed by atoms with Crippen LogP contribution in [0.3, 0.4) is 0 Å². The number of nitrogens with zero attached hydrogens (tertiary/aromatic N) is 1. The second-order valence-electron chi connectivity index (χ2n) is 6.55. The van der Waals surface area contributed by atoms with Crippen LogP contribution >= 0.6 is 45.2 Å². The van der Waals surface area contributed by atoms with E-state index in [9.17, 15) is 14.4 Å². The minimum atomic E-state index is -0.472. The number of ether oxygens (including phenoxy) is 2. The fourth-order valence-electron chi connectivity index (χ4n) is 2.87. The van der Waals surface area contributed by atoms with Crippen LogP contribution in [0.1, 0.15) is 16.7 Å². The summed E-state index contributed by atoms with van der Waals surface area (Å²) in [5.74, 6) is -0.287. The molecule has 0 unspecified atom stereocenters. The molecule has 1 fully saturated rings. The zero-order chi connectivity index (χ0) is 21.8. The monoisotopic (exact) mass is 632 g/mol. The normalized spacial score (nSPS) is 14.8. The molecule has 0 aliphatic carbocycles. The van der Waals surface area contributed by atoms with E-state index in [1.54, 1.807) is 6.08 Å². The number of imide groups is 1. The van der Waals surface area contributed by atoms with Crippen molar-refractivity contribution in [3.8, 4) is 5.75 Å². The van der Waals surface area contributed by atoms with Gasteiger partial charge >= 0.3 is 12.0 Å². The topological polar surface area (TPSA) is 84.9 Å². The van der Waals surface area contributed by atoms with Gasteiger partial charge in [0.25, 0.3) is 5.91 Å². The highest BCUT2D eigenvalue weighted by atomic mass is 127. The third-order valence-corrected chi connectivity index (χ3v) is 5.88. The standard InChI is InChI=1S/C21H18I2N2O5/c1-12-4-3-5-13(6-12)10-25-20(27)17(24-21(25)28)9-14-7-15(22)19(16(23)8-14)30-11-18(26)29-2/h3-9H,10-11H2,1-2H3,(H,24,28)/b17-9+. The highest BCUT2D eigenvalue weighted by Gasteiger charge is 2.33. The molecule has 3 rings (SSSR count). The van der Waals surface area contributed by atoms with Crippen molar-refractivity contribution in [3.63, 3.8) is 0 Å². The first kappa shape index (κ1) is 22.5. The van der Waals surface area contributed by atoms with E-state index in [1.165, 1.54) is 12.0 Å². The highest BCUT2D eigenvalue weighted by molar-refractivity contribution is 14.1. The molecule has 1 aliphatic heterocycles. The van der Waals surface area contributed by atoms with Crippen molar-refractivity contribution in [3.05, 3.63) is 65.9 Å². The van der Waals surface area contributed by atoms with Crippen LogP contribution in [0.2, 0.25) is 0 Å². The fraction of sp³-hybridized carbons (Fsp3) is 0.190. The SMILES string of the molecule is COC(=O)COc1c(I)cc(/C=C2/NC(=O)N(Cc3cccc(C)c3)C2=O)cc1I. The van der Waals surface area contributed by atoms with Crippen LogP contribution in [0, 0.1) is 14.1 Å². The Labute approximate surface area is 201 Å². The maximum atomic E-state index is 12.8. The molecule has 0 radical (unpaired) electrons. The Kier molecular flexibility index (Phi) is 7.34. The summed E-state index contributed by atoms with van der Waals surface area (Å²) in [7, 11) is 1.30. The highest BCUT2D eigenvalue weighted by Crippen LogP contribution is 2.30. The molecule has 156 valence electrons. The molecule has 1 N–H and O–H groups in total. The zero-order valence-electron chi connectivity index (χ0n) is 16.2. The van der Waals surface area contributed by atoms with Gasteiger partial charge in [0.2, 0.25) is 0 Å². The van der Waals surface area contributed by atoms with E-state index >= 15 is 0 Å². The minimum absolute atomic E-state index is 0.189. The molecule has 0 saturated carbocycles. The van der Waals surface area contributed by atoms with E-state index in [1.807, 2.05) is 43.3 Å². The molecule has 0 spiro atoms. The second-order valence-corrected chi connectivity index (χ2v) is 8.87. The summed E-state index contributed by atoms with van der Waals surface area (Å²) >= 11 is 4.19. The molecular formula is C21H18I2N2O5. The number of carbonyl (C=O) groups is 3. The summed E-state index contributed by atoms with van der Waals surface area (Å²) < 4.78 is 11.6. The van der Waals surface area contributed by atoms with Crippen molar-refractivity contribution in [2.75, 3.05) is 13.7 Å². The Morgan fingerprint density at radius 3 is 2.50 bits per heavy atom. The van der Waals surface area contributed by atoms with Crippen molar-refractivity contribution in [2.24, 2.45) is 0 Å². The molecular weight excluding hydrogens is 614 g/mol. The van der Waals surface area contributed by atoms with E-state index in [2.05, 4.69) is 55.2 Å². The second kappa shape index (κ2) is 9.77. The summed E-state index contributed by atoms with van der Waals surface area (Å²) in [6.45, 7) is 1.98. The molecule has 30 heavy (non-hydrogen) atoms. The predicted octanol–water partition coefficient (Wildman–Crippen LogP) is 3.85. The Balaban J connectivity index is 1.79. The molecule has 1 aliphatic rings. The van der Waals surface area contributed by atoms with Crippen LogP contribution in [-0.2, 0) is 20.9 Å². The van der Waals surface area contributed by atoms with Gasteiger partial charge in [-0.1, -0.05) is 29.8 Å². The van der Waals surface area contributed by atoms with Crippen LogP contribution in [0.4, 0.5) is 4.79 Å².